The maximum Gasteiger partial charge on any atom is 0.308 e. The molecule has 7 nitrogen and oxygen atoms in total. The molecular weight excluding hydrogens is 296 g/mol. The van der Waals surface area contributed by atoms with Crippen LogP contribution in [0, 0.1) is 5.92 Å². The molecule has 0 heterocycles. The molecule has 1 amide bonds. The van der Waals surface area contributed by atoms with E-state index in [0.29, 0.717) is 0 Å². The number of hydrogen-bond donors (Lipinski definition) is 2. The quantitative estimate of drug-likeness (QED) is 0.790. The van der Waals surface area contributed by atoms with Crippen LogP contribution in [0.5, 0.6) is 0 Å². The van der Waals surface area contributed by atoms with Crippen molar-refractivity contribution in [3.63, 3.8) is 0 Å². The fourth-order valence-corrected chi connectivity index (χ4v) is 2.39. The van der Waals surface area contributed by atoms with Crippen LogP contribution in [0.15, 0.2) is 29.2 Å². The third-order valence-corrected chi connectivity index (χ3v) is 4.68. The third kappa shape index (κ3) is 4.27. The summed E-state index contributed by atoms with van der Waals surface area (Å²) in [4.78, 5) is 22.6. The number of amides is 1. The van der Waals surface area contributed by atoms with E-state index in [4.69, 9.17) is 5.11 Å². The van der Waals surface area contributed by atoms with Crippen molar-refractivity contribution in [3.8, 4) is 0 Å². The Morgan fingerprint density at radius 3 is 2.48 bits per heavy atom. The van der Waals surface area contributed by atoms with E-state index in [0.717, 1.165) is 4.31 Å². The lowest BCUT2D eigenvalue weighted by atomic mass is 10.1. The molecule has 0 spiro atoms. The van der Waals surface area contributed by atoms with Gasteiger partial charge in [0, 0.05) is 26.2 Å². The first kappa shape index (κ1) is 17.1. The maximum absolute atomic E-state index is 12.0. The van der Waals surface area contributed by atoms with E-state index in [-0.39, 0.29) is 17.0 Å². The second kappa shape index (κ2) is 6.68. The predicted octanol–water partition coefficient (Wildman–Crippen LogP) is 0.387. The minimum absolute atomic E-state index is 0.00596. The Balaban J connectivity index is 2.91. The molecule has 1 atom stereocenters. The molecule has 21 heavy (non-hydrogen) atoms. The third-order valence-electron chi connectivity index (χ3n) is 2.87. The van der Waals surface area contributed by atoms with Crippen LogP contribution in [0.4, 0.5) is 0 Å². The van der Waals surface area contributed by atoms with Gasteiger partial charge < -0.3 is 10.4 Å². The minimum atomic E-state index is -3.62. The molecule has 0 bridgehead atoms. The van der Waals surface area contributed by atoms with Crippen LogP contribution < -0.4 is 5.32 Å². The molecule has 0 radical (unpaired) electrons. The minimum Gasteiger partial charge on any atom is -0.481 e. The summed E-state index contributed by atoms with van der Waals surface area (Å²) in [5.41, 5.74) is 0.163. The Kier molecular flexibility index (Phi) is 5.45. The predicted molar refractivity (Wildman–Crippen MR) is 76.4 cm³/mol. The van der Waals surface area contributed by atoms with Crippen LogP contribution >= 0.6 is 0 Å². The maximum atomic E-state index is 12.0. The van der Waals surface area contributed by atoms with Gasteiger partial charge in [0.25, 0.3) is 5.91 Å². The van der Waals surface area contributed by atoms with Gasteiger partial charge in [-0.15, -0.1) is 0 Å². The number of nitrogens with zero attached hydrogens (tertiary/aromatic N) is 1. The number of hydrogen-bond acceptors (Lipinski definition) is 4. The van der Waals surface area contributed by atoms with Crippen molar-refractivity contribution in [2.24, 2.45) is 5.92 Å². The summed E-state index contributed by atoms with van der Waals surface area (Å²) in [6, 6.07) is 5.59. The molecular formula is C13H18N2O5S. The van der Waals surface area contributed by atoms with Crippen molar-refractivity contribution < 1.29 is 23.1 Å². The van der Waals surface area contributed by atoms with Crippen molar-refractivity contribution in [1.29, 1.82) is 0 Å². The topological polar surface area (TPSA) is 104 Å². The molecule has 0 aliphatic heterocycles. The number of aliphatic carboxylic acids is 1. The largest absolute Gasteiger partial charge is 0.481 e. The van der Waals surface area contributed by atoms with E-state index in [1.807, 2.05) is 0 Å². The van der Waals surface area contributed by atoms with Crippen LogP contribution in [0.3, 0.4) is 0 Å². The highest BCUT2D eigenvalue weighted by Crippen LogP contribution is 2.14. The Morgan fingerprint density at radius 2 is 1.95 bits per heavy atom. The lowest BCUT2D eigenvalue weighted by Crippen LogP contribution is -2.31. The Hall–Kier alpha value is -1.93. The summed E-state index contributed by atoms with van der Waals surface area (Å²) in [6.07, 6.45) is 0. The smallest absolute Gasteiger partial charge is 0.308 e. The van der Waals surface area contributed by atoms with Gasteiger partial charge in [-0.05, 0) is 18.2 Å². The van der Waals surface area contributed by atoms with Crippen LogP contribution in [0.25, 0.3) is 0 Å². The Bertz CT molecular complexity index is 640. The number of carboxylic acid groups (broad SMARTS) is 1. The molecule has 0 fully saturated rings. The first-order valence-corrected chi connectivity index (χ1v) is 7.64. The van der Waals surface area contributed by atoms with E-state index in [1.165, 1.54) is 45.3 Å². The number of sulfonamides is 1. The normalized spacial score (nSPS) is 13.0. The number of nitrogens with one attached hydrogen (secondary N) is 1. The van der Waals surface area contributed by atoms with Gasteiger partial charge in [-0.25, -0.2) is 12.7 Å². The summed E-state index contributed by atoms with van der Waals surface area (Å²) in [6.45, 7) is 1.44. The number of carbonyl (C=O) groups is 2. The molecule has 0 aliphatic rings. The number of rotatable bonds is 6. The van der Waals surface area contributed by atoms with Gasteiger partial charge in [0.2, 0.25) is 10.0 Å². The van der Waals surface area contributed by atoms with Gasteiger partial charge in [-0.3, -0.25) is 9.59 Å². The summed E-state index contributed by atoms with van der Waals surface area (Å²) in [5.74, 6) is -2.25. The highest BCUT2D eigenvalue weighted by Gasteiger charge is 2.19. The second-order valence-corrected chi connectivity index (χ2v) is 6.92. The first-order chi connectivity index (χ1) is 9.66. The molecule has 116 valence electrons. The number of benzene rings is 1. The first-order valence-electron chi connectivity index (χ1n) is 6.20. The molecule has 0 saturated carbocycles. The second-order valence-electron chi connectivity index (χ2n) is 4.76. The summed E-state index contributed by atoms with van der Waals surface area (Å²) in [7, 11) is -0.820. The molecule has 0 saturated heterocycles. The summed E-state index contributed by atoms with van der Waals surface area (Å²) >= 11 is 0. The van der Waals surface area contributed by atoms with Crippen LogP contribution in [0.1, 0.15) is 17.3 Å². The van der Waals surface area contributed by atoms with E-state index < -0.39 is 27.8 Å². The van der Waals surface area contributed by atoms with E-state index in [9.17, 15) is 18.0 Å². The average Bonchev–Trinajstić information content (AvgIpc) is 2.44. The molecule has 1 aromatic rings. The molecule has 1 unspecified atom stereocenters. The van der Waals surface area contributed by atoms with Gasteiger partial charge in [0.15, 0.2) is 0 Å². The van der Waals surface area contributed by atoms with Crippen LogP contribution in [0.2, 0.25) is 0 Å². The molecule has 1 rings (SSSR count). The van der Waals surface area contributed by atoms with Crippen molar-refractivity contribution in [2.45, 2.75) is 11.8 Å². The zero-order valence-electron chi connectivity index (χ0n) is 12.0. The molecule has 1 aromatic carbocycles. The van der Waals surface area contributed by atoms with Gasteiger partial charge in [0.1, 0.15) is 0 Å². The standard InChI is InChI=1S/C13H18N2O5S/c1-9(13(17)18)8-14-12(16)10-5-4-6-11(7-10)21(19,20)15(2)3/h4-7,9H,8H2,1-3H3,(H,14,16)(H,17,18). The van der Waals surface area contributed by atoms with Crippen LogP contribution in [-0.2, 0) is 14.8 Å². The average molecular weight is 314 g/mol. The van der Waals surface area contributed by atoms with E-state index >= 15 is 0 Å². The molecule has 8 heteroatoms. The SMILES string of the molecule is CC(CNC(=O)c1cccc(S(=O)(=O)N(C)C)c1)C(=O)O. The zero-order chi connectivity index (χ0) is 16.2. The summed E-state index contributed by atoms with van der Waals surface area (Å²) < 4.78 is 25.0. The van der Waals surface area contributed by atoms with E-state index in [2.05, 4.69) is 5.32 Å². The Labute approximate surface area is 123 Å². The van der Waals surface area contributed by atoms with Gasteiger partial charge >= 0.3 is 5.97 Å². The highest BCUT2D eigenvalue weighted by atomic mass is 32.2. The fraction of sp³-hybridized carbons (Fsp3) is 0.385. The van der Waals surface area contributed by atoms with E-state index in [1.54, 1.807) is 0 Å². The number of carbonyl (C=O) groups excluding carboxylic acids is 1. The monoisotopic (exact) mass is 314 g/mol. The number of carboxylic acids is 1. The molecule has 2 N–H and O–H groups in total. The van der Waals surface area contributed by atoms with Crippen molar-refractivity contribution in [2.75, 3.05) is 20.6 Å². The van der Waals surface area contributed by atoms with Gasteiger partial charge in [0.05, 0.1) is 10.8 Å². The van der Waals surface area contributed by atoms with Crippen molar-refractivity contribution >= 4 is 21.9 Å². The molecule has 0 aromatic heterocycles. The van der Waals surface area contributed by atoms with Crippen molar-refractivity contribution in [1.82, 2.24) is 9.62 Å². The van der Waals surface area contributed by atoms with Crippen LogP contribution in [-0.4, -0.2) is 50.3 Å². The Morgan fingerprint density at radius 1 is 1.33 bits per heavy atom. The lowest BCUT2D eigenvalue weighted by Gasteiger charge is -2.12. The van der Waals surface area contributed by atoms with Crippen molar-refractivity contribution in [3.05, 3.63) is 29.8 Å². The zero-order valence-corrected chi connectivity index (χ0v) is 12.8. The van der Waals surface area contributed by atoms with Gasteiger partial charge in [-0.1, -0.05) is 13.0 Å². The van der Waals surface area contributed by atoms with Gasteiger partial charge in [-0.2, -0.15) is 0 Å². The fourth-order valence-electron chi connectivity index (χ4n) is 1.44. The summed E-state index contributed by atoms with van der Waals surface area (Å²) in [5, 5.41) is 11.2. The highest BCUT2D eigenvalue weighted by molar-refractivity contribution is 7.89. The lowest BCUT2D eigenvalue weighted by molar-refractivity contribution is -0.140. The molecule has 0 aliphatic carbocycles.